The van der Waals surface area contributed by atoms with Crippen molar-refractivity contribution in [2.45, 2.75) is 31.7 Å². The lowest BCUT2D eigenvalue weighted by Gasteiger charge is -2.22. The smallest absolute Gasteiger partial charge is 0.326 e. The third-order valence-electron chi connectivity index (χ3n) is 4.44. The fraction of sp³-hybridized carbons (Fsp3) is 0.263. The second-order valence-corrected chi connectivity index (χ2v) is 6.59. The van der Waals surface area contributed by atoms with Crippen LogP contribution in [-0.4, -0.2) is 23.0 Å². The Morgan fingerprint density at radius 2 is 2.00 bits per heavy atom. The van der Waals surface area contributed by atoms with E-state index in [9.17, 15) is 14.7 Å². The highest BCUT2D eigenvalue weighted by Gasteiger charge is 2.35. The highest BCUT2D eigenvalue weighted by Crippen LogP contribution is 2.35. The Balaban J connectivity index is 1.85. The van der Waals surface area contributed by atoms with Crippen LogP contribution in [0.5, 0.6) is 0 Å². The summed E-state index contributed by atoms with van der Waals surface area (Å²) in [6.45, 7) is 1.84. The molecule has 2 aromatic carbocycles. The molecule has 1 aliphatic carbocycles. The zero-order valence-corrected chi connectivity index (χ0v) is 14.0. The van der Waals surface area contributed by atoms with Crippen molar-refractivity contribution in [2.75, 3.05) is 0 Å². The maximum atomic E-state index is 12.5. The Morgan fingerprint density at radius 3 is 2.71 bits per heavy atom. The average molecular weight is 344 g/mol. The van der Waals surface area contributed by atoms with Gasteiger partial charge in [-0.25, -0.2) is 4.79 Å². The number of benzene rings is 2. The van der Waals surface area contributed by atoms with E-state index in [1.165, 1.54) is 0 Å². The minimum absolute atomic E-state index is 0.220. The second-order valence-electron chi connectivity index (χ2n) is 6.15. The minimum Gasteiger partial charge on any atom is -0.480 e. The van der Waals surface area contributed by atoms with Crippen LogP contribution in [0, 0.1) is 6.92 Å². The highest BCUT2D eigenvalue weighted by atomic mass is 35.5. The monoisotopic (exact) mass is 343 g/mol. The first-order valence-electron chi connectivity index (χ1n) is 7.84. The topological polar surface area (TPSA) is 66.4 Å². The first-order chi connectivity index (χ1) is 11.5. The van der Waals surface area contributed by atoms with Gasteiger partial charge in [-0.05, 0) is 54.7 Å². The molecule has 0 aliphatic heterocycles. The van der Waals surface area contributed by atoms with Crippen LogP contribution in [0.3, 0.4) is 0 Å². The van der Waals surface area contributed by atoms with Crippen molar-refractivity contribution >= 4 is 23.5 Å². The minimum atomic E-state index is -1.02. The maximum absolute atomic E-state index is 12.5. The van der Waals surface area contributed by atoms with Crippen molar-refractivity contribution in [3.05, 3.63) is 69.7 Å². The standard InChI is InChI=1S/C19H18ClNO3/c1-11-8-13(10-14(20)9-11)18(22)21-17(19(23)24)16-7-6-12-4-2-3-5-15(12)16/h2-5,8-10,16-17H,6-7H2,1H3,(H,21,22)(H,23,24). The van der Waals surface area contributed by atoms with Gasteiger partial charge in [-0.1, -0.05) is 35.9 Å². The summed E-state index contributed by atoms with van der Waals surface area (Å²) >= 11 is 5.99. The Morgan fingerprint density at radius 1 is 1.25 bits per heavy atom. The molecule has 2 unspecified atom stereocenters. The van der Waals surface area contributed by atoms with Gasteiger partial charge < -0.3 is 10.4 Å². The molecule has 0 saturated carbocycles. The zero-order chi connectivity index (χ0) is 17.3. The van der Waals surface area contributed by atoms with Crippen LogP contribution in [-0.2, 0) is 11.2 Å². The Bertz CT molecular complexity index is 783. The molecule has 0 fully saturated rings. The largest absolute Gasteiger partial charge is 0.480 e. The number of carboxylic acids is 1. The van der Waals surface area contributed by atoms with Gasteiger partial charge in [0, 0.05) is 16.5 Å². The first kappa shape index (κ1) is 16.5. The van der Waals surface area contributed by atoms with E-state index < -0.39 is 17.9 Å². The molecular formula is C19H18ClNO3. The number of halogens is 1. The van der Waals surface area contributed by atoms with Crippen LogP contribution in [0.2, 0.25) is 5.02 Å². The number of fused-ring (bicyclic) bond motifs is 1. The second kappa shape index (κ2) is 6.65. The number of hydrogen-bond donors (Lipinski definition) is 2. The van der Waals surface area contributed by atoms with E-state index in [1.807, 2.05) is 31.2 Å². The summed E-state index contributed by atoms with van der Waals surface area (Å²) in [4.78, 5) is 24.3. The molecule has 0 aromatic heterocycles. The number of aliphatic carboxylic acids is 1. The quantitative estimate of drug-likeness (QED) is 0.892. The van der Waals surface area contributed by atoms with Crippen LogP contribution in [0.4, 0.5) is 0 Å². The SMILES string of the molecule is Cc1cc(Cl)cc(C(=O)NC(C(=O)O)C2CCc3ccccc32)c1. The lowest BCUT2D eigenvalue weighted by atomic mass is 9.93. The Kier molecular flexibility index (Phi) is 4.58. The third-order valence-corrected chi connectivity index (χ3v) is 4.66. The predicted molar refractivity (Wildman–Crippen MR) is 92.6 cm³/mol. The normalized spacial score (nSPS) is 17.2. The van der Waals surface area contributed by atoms with Crippen molar-refractivity contribution in [2.24, 2.45) is 0 Å². The van der Waals surface area contributed by atoms with Crippen LogP contribution >= 0.6 is 11.6 Å². The Hall–Kier alpha value is -2.33. The van der Waals surface area contributed by atoms with E-state index in [1.54, 1.807) is 18.2 Å². The summed E-state index contributed by atoms with van der Waals surface area (Å²) in [7, 11) is 0. The number of rotatable bonds is 4. The molecule has 0 bridgehead atoms. The summed E-state index contributed by atoms with van der Waals surface area (Å²) < 4.78 is 0. The number of hydrogen-bond acceptors (Lipinski definition) is 2. The molecule has 2 atom stereocenters. The van der Waals surface area contributed by atoms with Crippen LogP contribution in [0.1, 0.15) is 39.4 Å². The van der Waals surface area contributed by atoms with E-state index in [2.05, 4.69) is 5.32 Å². The van der Waals surface area contributed by atoms with Crippen LogP contribution in [0.25, 0.3) is 0 Å². The molecule has 1 aliphatic rings. The van der Waals surface area contributed by atoms with E-state index in [0.717, 1.165) is 23.1 Å². The van der Waals surface area contributed by atoms with Gasteiger partial charge in [0.25, 0.3) is 5.91 Å². The fourth-order valence-electron chi connectivity index (χ4n) is 3.36. The number of aryl methyl sites for hydroxylation is 2. The van der Waals surface area contributed by atoms with Crippen molar-refractivity contribution in [3.63, 3.8) is 0 Å². The van der Waals surface area contributed by atoms with Gasteiger partial charge in [-0.3, -0.25) is 4.79 Å². The molecule has 0 spiro atoms. The summed E-state index contributed by atoms with van der Waals surface area (Å²) in [5.74, 6) is -1.66. The molecule has 3 rings (SSSR count). The van der Waals surface area contributed by atoms with E-state index in [-0.39, 0.29) is 5.92 Å². The predicted octanol–water partition coefficient (Wildman–Crippen LogP) is 3.56. The molecule has 4 nitrogen and oxygen atoms in total. The number of amides is 1. The summed E-state index contributed by atoms with van der Waals surface area (Å²) in [5.41, 5.74) is 3.39. The van der Waals surface area contributed by atoms with Gasteiger partial charge in [0.2, 0.25) is 0 Å². The van der Waals surface area contributed by atoms with Crippen molar-refractivity contribution in [1.82, 2.24) is 5.32 Å². The summed E-state index contributed by atoms with van der Waals surface area (Å²) in [5, 5.41) is 12.8. The molecule has 2 N–H and O–H groups in total. The number of carbonyl (C=O) groups is 2. The Labute approximate surface area is 145 Å². The van der Waals surface area contributed by atoms with Crippen molar-refractivity contribution in [3.8, 4) is 0 Å². The third kappa shape index (κ3) is 3.29. The van der Waals surface area contributed by atoms with Gasteiger partial charge in [0.1, 0.15) is 6.04 Å². The molecule has 124 valence electrons. The molecular weight excluding hydrogens is 326 g/mol. The van der Waals surface area contributed by atoms with Gasteiger partial charge in [0.15, 0.2) is 0 Å². The molecule has 5 heteroatoms. The molecule has 2 aromatic rings. The number of carboxylic acid groups (broad SMARTS) is 1. The number of carbonyl (C=O) groups excluding carboxylic acids is 1. The van der Waals surface area contributed by atoms with Gasteiger partial charge >= 0.3 is 5.97 Å². The van der Waals surface area contributed by atoms with Crippen molar-refractivity contribution < 1.29 is 14.7 Å². The van der Waals surface area contributed by atoms with E-state index >= 15 is 0 Å². The van der Waals surface area contributed by atoms with E-state index in [0.29, 0.717) is 17.0 Å². The maximum Gasteiger partial charge on any atom is 0.326 e. The van der Waals surface area contributed by atoms with E-state index in [4.69, 9.17) is 11.6 Å². The van der Waals surface area contributed by atoms with Crippen LogP contribution < -0.4 is 5.32 Å². The van der Waals surface area contributed by atoms with Gasteiger partial charge in [-0.15, -0.1) is 0 Å². The van der Waals surface area contributed by atoms with Gasteiger partial charge in [-0.2, -0.15) is 0 Å². The summed E-state index contributed by atoms with van der Waals surface area (Å²) in [6.07, 6.45) is 1.54. The molecule has 0 heterocycles. The van der Waals surface area contributed by atoms with Crippen molar-refractivity contribution in [1.29, 1.82) is 0 Å². The first-order valence-corrected chi connectivity index (χ1v) is 8.22. The molecule has 0 saturated heterocycles. The van der Waals surface area contributed by atoms with Gasteiger partial charge in [0.05, 0.1) is 0 Å². The fourth-order valence-corrected chi connectivity index (χ4v) is 3.65. The highest BCUT2D eigenvalue weighted by molar-refractivity contribution is 6.31. The summed E-state index contributed by atoms with van der Waals surface area (Å²) in [6, 6.07) is 11.8. The molecule has 1 amide bonds. The lowest BCUT2D eigenvalue weighted by Crippen LogP contribution is -2.44. The lowest BCUT2D eigenvalue weighted by molar-refractivity contribution is -0.139. The molecule has 0 radical (unpaired) electrons. The molecule has 24 heavy (non-hydrogen) atoms. The number of nitrogens with one attached hydrogen (secondary N) is 1. The zero-order valence-electron chi connectivity index (χ0n) is 13.3. The van der Waals surface area contributed by atoms with Crippen LogP contribution in [0.15, 0.2) is 42.5 Å². The average Bonchev–Trinajstić information content (AvgIpc) is 2.95.